The van der Waals surface area contributed by atoms with Crippen molar-refractivity contribution < 1.29 is 9.90 Å². The molecule has 2 rings (SSSR count). The molecule has 0 bridgehead atoms. The van der Waals surface area contributed by atoms with E-state index in [0.717, 1.165) is 31.2 Å². The van der Waals surface area contributed by atoms with Crippen molar-refractivity contribution in [1.82, 2.24) is 9.88 Å². The fourth-order valence-corrected chi connectivity index (χ4v) is 2.55. The Labute approximate surface area is 113 Å². The zero-order chi connectivity index (χ0) is 13.8. The molecule has 1 aromatic heterocycles. The van der Waals surface area contributed by atoms with Crippen molar-refractivity contribution in [1.29, 1.82) is 0 Å². The van der Waals surface area contributed by atoms with Crippen LogP contribution in [0.5, 0.6) is 0 Å². The molecule has 0 saturated heterocycles. The van der Waals surface area contributed by atoms with Crippen molar-refractivity contribution in [3.05, 3.63) is 29.6 Å². The van der Waals surface area contributed by atoms with Crippen molar-refractivity contribution in [2.45, 2.75) is 44.4 Å². The van der Waals surface area contributed by atoms with E-state index in [0.29, 0.717) is 12.2 Å². The number of aliphatic hydroxyl groups excluding tert-OH is 1. The Kier molecular flexibility index (Phi) is 4.50. The van der Waals surface area contributed by atoms with Crippen molar-refractivity contribution in [3.8, 4) is 0 Å². The first-order valence-electron chi connectivity index (χ1n) is 6.73. The quantitative estimate of drug-likeness (QED) is 0.849. The van der Waals surface area contributed by atoms with Gasteiger partial charge in [-0.15, -0.1) is 0 Å². The van der Waals surface area contributed by atoms with E-state index in [-0.39, 0.29) is 11.9 Å². The van der Waals surface area contributed by atoms with Gasteiger partial charge in [0.1, 0.15) is 5.69 Å². The van der Waals surface area contributed by atoms with Crippen molar-refractivity contribution in [3.63, 3.8) is 0 Å². The first kappa shape index (κ1) is 14.0. The van der Waals surface area contributed by atoms with E-state index in [1.165, 1.54) is 0 Å². The number of nitrogens with two attached hydrogens (primary N) is 1. The van der Waals surface area contributed by atoms with Crippen LogP contribution in [0.15, 0.2) is 18.3 Å². The van der Waals surface area contributed by atoms with E-state index in [9.17, 15) is 9.90 Å². The minimum atomic E-state index is -0.425. The molecule has 1 fully saturated rings. The zero-order valence-electron chi connectivity index (χ0n) is 11.2. The fraction of sp³-hybridized carbons (Fsp3) is 0.571. The highest BCUT2D eigenvalue weighted by molar-refractivity contribution is 5.92. The maximum Gasteiger partial charge on any atom is 0.272 e. The molecule has 5 nitrogen and oxygen atoms in total. The van der Waals surface area contributed by atoms with Gasteiger partial charge in [0.25, 0.3) is 5.91 Å². The Morgan fingerprint density at radius 2 is 2.21 bits per heavy atom. The standard InChI is InChI=1S/C14H21N3O2/c1-17(12-4-2-3-5-13(12)18)14(19)11-7-6-10(8-15)9-16-11/h6-7,9,12-13,18H,2-5,8,15H2,1H3. The molecule has 0 aromatic carbocycles. The summed E-state index contributed by atoms with van der Waals surface area (Å²) in [5.74, 6) is -0.144. The van der Waals surface area contributed by atoms with Gasteiger partial charge in [0, 0.05) is 19.8 Å². The molecular weight excluding hydrogens is 242 g/mol. The SMILES string of the molecule is CN(C(=O)c1ccc(CN)cn1)C1CCCCC1O. The first-order chi connectivity index (χ1) is 9.13. The molecule has 2 atom stereocenters. The number of amides is 1. The number of hydrogen-bond acceptors (Lipinski definition) is 4. The Morgan fingerprint density at radius 1 is 1.47 bits per heavy atom. The summed E-state index contributed by atoms with van der Waals surface area (Å²) >= 11 is 0. The number of aromatic nitrogens is 1. The van der Waals surface area contributed by atoms with Gasteiger partial charge in [-0.05, 0) is 24.5 Å². The highest BCUT2D eigenvalue weighted by Gasteiger charge is 2.30. The van der Waals surface area contributed by atoms with E-state index in [2.05, 4.69) is 4.98 Å². The number of hydrogen-bond donors (Lipinski definition) is 2. The lowest BCUT2D eigenvalue weighted by atomic mass is 9.91. The number of carbonyl (C=O) groups excluding carboxylic acids is 1. The van der Waals surface area contributed by atoms with Gasteiger partial charge in [0.05, 0.1) is 12.1 Å². The lowest BCUT2D eigenvalue weighted by Gasteiger charge is -2.35. The first-order valence-corrected chi connectivity index (χ1v) is 6.73. The summed E-state index contributed by atoms with van der Waals surface area (Å²) in [6.07, 6.45) is 4.90. The van der Waals surface area contributed by atoms with E-state index >= 15 is 0 Å². The summed E-state index contributed by atoms with van der Waals surface area (Å²) in [7, 11) is 1.74. The van der Waals surface area contributed by atoms with Crippen LogP contribution in [0.1, 0.15) is 41.7 Å². The summed E-state index contributed by atoms with van der Waals surface area (Å²) in [6.45, 7) is 0.415. The Bertz CT molecular complexity index is 433. The maximum atomic E-state index is 12.3. The van der Waals surface area contributed by atoms with Gasteiger partial charge in [-0.25, -0.2) is 0 Å². The highest BCUT2D eigenvalue weighted by atomic mass is 16.3. The molecule has 5 heteroatoms. The van der Waals surface area contributed by atoms with Gasteiger partial charge < -0.3 is 15.7 Å². The van der Waals surface area contributed by atoms with Crippen LogP contribution in [-0.4, -0.2) is 40.1 Å². The Hall–Kier alpha value is -1.46. The van der Waals surface area contributed by atoms with Crippen molar-refractivity contribution in [2.24, 2.45) is 5.73 Å². The van der Waals surface area contributed by atoms with Crippen LogP contribution in [0, 0.1) is 0 Å². The summed E-state index contributed by atoms with van der Waals surface area (Å²) in [6, 6.07) is 3.40. The highest BCUT2D eigenvalue weighted by Crippen LogP contribution is 2.23. The van der Waals surface area contributed by atoms with Crippen LogP contribution in [0.4, 0.5) is 0 Å². The number of pyridine rings is 1. The molecule has 1 aliphatic carbocycles. The molecule has 2 unspecified atom stereocenters. The molecule has 1 heterocycles. The molecular formula is C14H21N3O2. The fourth-order valence-electron chi connectivity index (χ4n) is 2.55. The van der Waals surface area contributed by atoms with Gasteiger partial charge in [0.15, 0.2) is 0 Å². The zero-order valence-corrected chi connectivity index (χ0v) is 11.2. The predicted molar refractivity (Wildman–Crippen MR) is 72.5 cm³/mol. The summed E-state index contributed by atoms with van der Waals surface area (Å²) in [4.78, 5) is 18.1. The average Bonchev–Trinajstić information content (AvgIpc) is 2.46. The smallest absolute Gasteiger partial charge is 0.272 e. The number of rotatable bonds is 3. The van der Waals surface area contributed by atoms with Gasteiger partial charge in [-0.3, -0.25) is 9.78 Å². The summed E-state index contributed by atoms with van der Waals surface area (Å²) in [5.41, 5.74) is 6.80. The maximum absolute atomic E-state index is 12.3. The van der Waals surface area contributed by atoms with E-state index < -0.39 is 6.10 Å². The van der Waals surface area contributed by atoms with Crippen LogP contribution >= 0.6 is 0 Å². The van der Waals surface area contributed by atoms with Crippen LogP contribution in [0.2, 0.25) is 0 Å². The molecule has 1 amide bonds. The monoisotopic (exact) mass is 263 g/mol. The minimum absolute atomic E-state index is 0.0998. The summed E-state index contributed by atoms with van der Waals surface area (Å²) < 4.78 is 0. The predicted octanol–water partition coefficient (Wildman–Crippen LogP) is 0.916. The van der Waals surface area contributed by atoms with E-state index in [4.69, 9.17) is 5.73 Å². The molecule has 104 valence electrons. The molecule has 0 spiro atoms. The minimum Gasteiger partial charge on any atom is -0.391 e. The number of nitrogens with zero attached hydrogens (tertiary/aromatic N) is 2. The number of carbonyl (C=O) groups is 1. The topological polar surface area (TPSA) is 79.5 Å². The van der Waals surface area contributed by atoms with Crippen LogP contribution < -0.4 is 5.73 Å². The van der Waals surface area contributed by atoms with Crippen LogP contribution in [0.3, 0.4) is 0 Å². The van der Waals surface area contributed by atoms with Crippen molar-refractivity contribution >= 4 is 5.91 Å². The molecule has 1 saturated carbocycles. The van der Waals surface area contributed by atoms with Gasteiger partial charge in [-0.1, -0.05) is 18.9 Å². The third-order valence-corrected chi connectivity index (χ3v) is 3.79. The number of aliphatic hydroxyl groups is 1. The average molecular weight is 263 g/mol. The van der Waals surface area contributed by atoms with Gasteiger partial charge in [-0.2, -0.15) is 0 Å². The molecule has 19 heavy (non-hydrogen) atoms. The number of likely N-dealkylation sites (N-methyl/N-ethyl adjacent to an activating group) is 1. The molecule has 3 N–H and O–H groups in total. The van der Waals surface area contributed by atoms with Gasteiger partial charge in [0.2, 0.25) is 0 Å². The lowest BCUT2D eigenvalue weighted by Crippen LogP contribution is -2.46. The third kappa shape index (κ3) is 3.11. The van der Waals surface area contributed by atoms with Crippen molar-refractivity contribution in [2.75, 3.05) is 7.05 Å². The van der Waals surface area contributed by atoms with E-state index in [1.807, 2.05) is 6.07 Å². The Morgan fingerprint density at radius 3 is 2.79 bits per heavy atom. The van der Waals surface area contributed by atoms with Crippen LogP contribution in [0.25, 0.3) is 0 Å². The lowest BCUT2D eigenvalue weighted by molar-refractivity contribution is 0.0264. The van der Waals surface area contributed by atoms with Crippen LogP contribution in [-0.2, 0) is 6.54 Å². The normalized spacial score (nSPS) is 23.1. The second-order valence-electron chi connectivity index (χ2n) is 5.09. The van der Waals surface area contributed by atoms with E-state index in [1.54, 1.807) is 24.2 Å². The second-order valence-corrected chi connectivity index (χ2v) is 5.09. The Balaban J connectivity index is 2.08. The molecule has 1 aliphatic rings. The molecule has 0 aliphatic heterocycles. The van der Waals surface area contributed by atoms with Gasteiger partial charge >= 0.3 is 0 Å². The molecule has 0 radical (unpaired) electrons. The molecule has 1 aromatic rings. The third-order valence-electron chi connectivity index (χ3n) is 3.79. The largest absolute Gasteiger partial charge is 0.391 e. The second kappa shape index (κ2) is 6.12. The summed E-state index contributed by atoms with van der Waals surface area (Å²) in [5, 5.41) is 9.99.